The lowest BCUT2D eigenvalue weighted by Gasteiger charge is -2.20. The molecule has 0 radical (unpaired) electrons. The van der Waals surface area contributed by atoms with Crippen LogP contribution < -0.4 is 0 Å². The van der Waals surface area contributed by atoms with Gasteiger partial charge in [-0.2, -0.15) is 0 Å². The first-order chi connectivity index (χ1) is 9.17. The normalized spacial score (nSPS) is 16.3. The number of benzene rings is 1. The first-order valence-corrected chi connectivity index (χ1v) is 7.27. The van der Waals surface area contributed by atoms with Crippen LogP contribution in [0.15, 0.2) is 48.6 Å². The molecule has 1 aromatic heterocycles. The van der Waals surface area contributed by atoms with E-state index in [1.165, 1.54) is 4.70 Å². The van der Waals surface area contributed by atoms with Crippen LogP contribution >= 0.6 is 11.3 Å². The Morgan fingerprint density at radius 2 is 1.74 bits per heavy atom. The van der Waals surface area contributed by atoms with Gasteiger partial charge in [-0.25, -0.2) is 4.98 Å². The van der Waals surface area contributed by atoms with Crippen molar-refractivity contribution in [2.24, 2.45) is 0 Å². The predicted octanol–water partition coefficient (Wildman–Crippen LogP) is 4.28. The standard InChI is InChI=1S/C14H11NOS.C2H6/c1-14(8-6-10(16)7-9-14)13-15-11-4-2-3-5-12(11)17-13;1-2/h2-9H,1H3;1-2H3. The van der Waals surface area contributed by atoms with Crippen molar-refractivity contribution in [1.82, 2.24) is 4.98 Å². The summed E-state index contributed by atoms with van der Waals surface area (Å²) in [6, 6.07) is 8.09. The Morgan fingerprint density at radius 1 is 1.11 bits per heavy atom. The molecule has 1 heterocycles. The second-order valence-corrected chi connectivity index (χ2v) is 5.37. The summed E-state index contributed by atoms with van der Waals surface area (Å²) in [5.74, 6) is 0.0450. The van der Waals surface area contributed by atoms with Gasteiger partial charge in [-0.05, 0) is 31.2 Å². The van der Waals surface area contributed by atoms with Gasteiger partial charge in [-0.15, -0.1) is 11.3 Å². The highest BCUT2D eigenvalue weighted by Crippen LogP contribution is 2.35. The molecule has 1 aromatic carbocycles. The third-order valence-corrected chi connectivity index (χ3v) is 4.23. The van der Waals surface area contributed by atoms with Crippen molar-refractivity contribution in [3.05, 3.63) is 53.6 Å². The van der Waals surface area contributed by atoms with Gasteiger partial charge in [0, 0.05) is 0 Å². The summed E-state index contributed by atoms with van der Waals surface area (Å²) in [5.41, 5.74) is 0.768. The topological polar surface area (TPSA) is 30.0 Å². The summed E-state index contributed by atoms with van der Waals surface area (Å²) >= 11 is 1.68. The highest BCUT2D eigenvalue weighted by molar-refractivity contribution is 7.18. The largest absolute Gasteiger partial charge is 0.290 e. The van der Waals surface area contributed by atoms with Gasteiger partial charge in [0.1, 0.15) is 5.01 Å². The number of carbonyl (C=O) groups is 1. The van der Waals surface area contributed by atoms with Crippen LogP contribution in [0.4, 0.5) is 0 Å². The van der Waals surface area contributed by atoms with Crippen molar-refractivity contribution in [1.29, 1.82) is 0 Å². The highest BCUT2D eigenvalue weighted by atomic mass is 32.1. The van der Waals surface area contributed by atoms with Crippen molar-refractivity contribution in [3.8, 4) is 0 Å². The van der Waals surface area contributed by atoms with E-state index in [0.717, 1.165) is 10.5 Å². The van der Waals surface area contributed by atoms with E-state index >= 15 is 0 Å². The van der Waals surface area contributed by atoms with Crippen LogP contribution in [0.5, 0.6) is 0 Å². The quantitative estimate of drug-likeness (QED) is 0.775. The average Bonchev–Trinajstić information content (AvgIpc) is 2.89. The fourth-order valence-electron chi connectivity index (χ4n) is 1.87. The summed E-state index contributed by atoms with van der Waals surface area (Å²) < 4.78 is 1.18. The Labute approximate surface area is 117 Å². The van der Waals surface area contributed by atoms with Gasteiger partial charge in [0.05, 0.1) is 15.6 Å². The first kappa shape index (κ1) is 13.7. The molecule has 1 aliphatic carbocycles. The summed E-state index contributed by atoms with van der Waals surface area (Å²) in [4.78, 5) is 15.8. The van der Waals surface area contributed by atoms with Crippen LogP contribution in [0, 0.1) is 0 Å². The highest BCUT2D eigenvalue weighted by Gasteiger charge is 2.26. The zero-order chi connectivity index (χ0) is 13.9. The molecule has 0 aliphatic heterocycles. The Morgan fingerprint density at radius 3 is 2.37 bits per heavy atom. The SMILES string of the molecule is CC.CC1(c2nc3ccccc3s2)C=CC(=O)C=C1. The minimum absolute atomic E-state index is 0.0450. The van der Waals surface area contributed by atoms with Gasteiger partial charge in [0.25, 0.3) is 0 Å². The molecule has 0 amide bonds. The predicted molar refractivity (Wildman–Crippen MR) is 81.6 cm³/mol. The van der Waals surface area contributed by atoms with Crippen LogP contribution in [-0.2, 0) is 10.2 Å². The van der Waals surface area contributed by atoms with Crippen LogP contribution in [0.2, 0.25) is 0 Å². The van der Waals surface area contributed by atoms with E-state index in [1.807, 2.05) is 44.2 Å². The van der Waals surface area contributed by atoms with Gasteiger partial charge in [-0.1, -0.05) is 38.1 Å². The molecule has 19 heavy (non-hydrogen) atoms. The van der Waals surface area contributed by atoms with E-state index in [4.69, 9.17) is 0 Å². The Bertz CT molecular complexity index is 603. The molecule has 2 nitrogen and oxygen atoms in total. The number of ketones is 1. The molecular formula is C16H17NOS. The number of para-hydroxylation sites is 1. The van der Waals surface area contributed by atoms with Crippen molar-refractivity contribution >= 4 is 27.3 Å². The summed E-state index contributed by atoms with van der Waals surface area (Å²) in [5, 5.41) is 1.03. The molecule has 98 valence electrons. The zero-order valence-electron chi connectivity index (χ0n) is 11.4. The summed E-state index contributed by atoms with van der Waals surface area (Å²) in [7, 11) is 0. The van der Waals surface area contributed by atoms with Crippen molar-refractivity contribution in [2.75, 3.05) is 0 Å². The second-order valence-electron chi connectivity index (χ2n) is 4.34. The lowest BCUT2D eigenvalue weighted by Crippen LogP contribution is -2.18. The minimum Gasteiger partial charge on any atom is -0.290 e. The van der Waals surface area contributed by atoms with E-state index in [-0.39, 0.29) is 11.2 Å². The van der Waals surface area contributed by atoms with E-state index in [0.29, 0.717) is 0 Å². The number of carbonyl (C=O) groups excluding carboxylic acids is 1. The van der Waals surface area contributed by atoms with E-state index in [2.05, 4.69) is 18.0 Å². The van der Waals surface area contributed by atoms with Gasteiger partial charge in [0.2, 0.25) is 0 Å². The molecule has 0 fully saturated rings. The molecule has 0 N–H and O–H groups in total. The fraction of sp³-hybridized carbons (Fsp3) is 0.250. The summed E-state index contributed by atoms with van der Waals surface area (Å²) in [6.07, 6.45) is 7.08. The first-order valence-electron chi connectivity index (χ1n) is 6.46. The third-order valence-electron chi connectivity index (χ3n) is 2.94. The fourth-order valence-corrected chi connectivity index (χ4v) is 2.94. The lowest BCUT2D eigenvalue weighted by atomic mass is 9.87. The van der Waals surface area contributed by atoms with Crippen LogP contribution in [0.1, 0.15) is 25.8 Å². The average molecular weight is 271 g/mol. The van der Waals surface area contributed by atoms with E-state index in [1.54, 1.807) is 23.5 Å². The number of nitrogens with zero attached hydrogens (tertiary/aromatic N) is 1. The number of allylic oxidation sites excluding steroid dienone is 4. The molecule has 0 spiro atoms. The molecule has 3 heteroatoms. The van der Waals surface area contributed by atoms with Gasteiger partial charge < -0.3 is 0 Å². The molecule has 0 saturated carbocycles. The third kappa shape index (κ3) is 2.66. The maximum Gasteiger partial charge on any atom is 0.178 e. The number of hydrogen-bond acceptors (Lipinski definition) is 3. The Balaban J connectivity index is 0.000000637. The maximum atomic E-state index is 11.2. The van der Waals surface area contributed by atoms with Crippen molar-refractivity contribution in [2.45, 2.75) is 26.2 Å². The van der Waals surface area contributed by atoms with Crippen LogP contribution in [-0.4, -0.2) is 10.8 Å². The molecule has 0 unspecified atom stereocenters. The van der Waals surface area contributed by atoms with Gasteiger partial charge in [-0.3, -0.25) is 4.79 Å². The molecule has 0 bridgehead atoms. The van der Waals surface area contributed by atoms with E-state index < -0.39 is 0 Å². The Kier molecular flexibility index (Phi) is 3.96. The molecule has 1 aliphatic rings. The molecule has 3 rings (SSSR count). The minimum atomic E-state index is -0.252. The van der Waals surface area contributed by atoms with E-state index in [9.17, 15) is 4.79 Å². The second kappa shape index (κ2) is 5.49. The maximum absolute atomic E-state index is 11.2. The van der Waals surface area contributed by atoms with Crippen LogP contribution in [0.25, 0.3) is 10.2 Å². The molecular weight excluding hydrogens is 254 g/mol. The number of thiazole rings is 1. The van der Waals surface area contributed by atoms with Gasteiger partial charge in [0.15, 0.2) is 5.78 Å². The smallest absolute Gasteiger partial charge is 0.178 e. The lowest BCUT2D eigenvalue weighted by molar-refractivity contribution is -0.110. The van der Waals surface area contributed by atoms with Crippen molar-refractivity contribution < 1.29 is 4.79 Å². The number of fused-ring (bicyclic) bond motifs is 1. The monoisotopic (exact) mass is 271 g/mol. The molecule has 2 aromatic rings. The van der Waals surface area contributed by atoms with Crippen LogP contribution in [0.3, 0.4) is 0 Å². The number of aromatic nitrogens is 1. The zero-order valence-corrected chi connectivity index (χ0v) is 12.2. The molecule has 0 atom stereocenters. The van der Waals surface area contributed by atoms with Gasteiger partial charge >= 0.3 is 0 Å². The number of hydrogen-bond donors (Lipinski definition) is 0. The number of rotatable bonds is 1. The molecule has 0 saturated heterocycles. The Hall–Kier alpha value is -1.74. The van der Waals surface area contributed by atoms with Crippen molar-refractivity contribution in [3.63, 3.8) is 0 Å². The summed E-state index contributed by atoms with van der Waals surface area (Å²) in [6.45, 7) is 6.07.